The number of hydrogen-bond donors (Lipinski definition) is 0. The topological polar surface area (TPSA) is 49.9 Å². The zero-order chi connectivity index (χ0) is 19.9. The van der Waals surface area contributed by atoms with Crippen LogP contribution in [0.1, 0.15) is 64.4 Å². The summed E-state index contributed by atoms with van der Waals surface area (Å²) in [5, 5.41) is 0. The van der Waals surface area contributed by atoms with Crippen LogP contribution < -0.4 is 4.74 Å². The van der Waals surface area contributed by atoms with Crippen LogP contribution in [-0.2, 0) is 9.59 Å². The molecule has 2 aliphatic heterocycles. The zero-order valence-corrected chi connectivity index (χ0v) is 17.2. The number of amides is 2. The summed E-state index contributed by atoms with van der Waals surface area (Å²) in [6.45, 7) is 7.10. The van der Waals surface area contributed by atoms with E-state index in [9.17, 15) is 9.59 Å². The summed E-state index contributed by atoms with van der Waals surface area (Å²) in [4.78, 5) is 29.9. The molecule has 5 nitrogen and oxygen atoms in total. The Morgan fingerprint density at radius 1 is 0.893 bits per heavy atom. The van der Waals surface area contributed by atoms with Gasteiger partial charge in [0, 0.05) is 19.6 Å². The largest absolute Gasteiger partial charge is 0.494 e. The smallest absolute Gasteiger partial charge is 0.277 e. The third-order valence-corrected chi connectivity index (χ3v) is 5.42. The fraction of sp³-hybridized carbons (Fsp3) is 0.565. The lowest BCUT2D eigenvalue weighted by Gasteiger charge is -2.20. The summed E-state index contributed by atoms with van der Waals surface area (Å²) in [6, 6.07) is 7.59. The van der Waals surface area contributed by atoms with Gasteiger partial charge in [-0.1, -0.05) is 45.2 Å². The van der Waals surface area contributed by atoms with E-state index in [4.69, 9.17) is 4.74 Å². The number of benzene rings is 1. The molecule has 1 aromatic carbocycles. The lowest BCUT2D eigenvalue weighted by atomic mass is 10.0. The molecule has 0 aliphatic carbocycles. The maximum atomic E-state index is 13.2. The Morgan fingerprint density at radius 3 is 2.25 bits per heavy atom. The van der Waals surface area contributed by atoms with Crippen molar-refractivity contribution in [2.75, 3.05) is 26.2 Å². The van der Waals surface area contributed by atoms with Crippen molar-refractivity contribution >= 4 is 17.4 Å². The van der Waals surface area contributed by atoms with Crippen molar-refractivity contribution in [1.82, 2.24) is 9.80 Å². The van der Waals surface area contributed by atoms with Crippen molar-refractivity contribution in [2.45, 2.75) is 58.8 Å². The van der Waals surface area contributed by atoms with Gasteiger partial charge in [0.05, 0.1) is 12.2 Å². The Labute approximate surface area is 168 Å². The summed E-state index contributed by atoms with van der Waals surface area (Å²) in [7, 11) is 0. The standard InChI is InChI=1S/C23H32N2O3/c1-3-5-6-7-16-25-22(26)20(21(23(25)27)24-14-8-9-15-24)18-10-12-19(13-11-18)28-17-4-2/h10-13H,3-9,14-17H2,1-2H3. The Morgan fingerprint density at radius 2 is 1.61 bits per heavy atom. The summed E-state index contributed by atoms with van der Waals surface area (Å²) in [5.74, 6) is 0.525. The number of imide groups is 1. The molecule has 3 rings (SSSR count). The molecule has 1 fully saturated rings. The van der Waals surface area contributed by atoms with Crippen molar-refractivity contribution in [3.8, 4) is 5.75 Å². The second-order valence-electron chi connectivity index (χ2n) is 7.61. The van der Waals surface area contributed by atoms with Crippen LogP contribution >= 0.6 is 0 Å². The van der Waals surface area contributed by atoms with E-state index in [0.29, 0.717) is 24.4 Å². The average molecular weight is 385 g/mol. The molecule has 2 aliphatic rings. The molecule has 0 radical (unpaired) electrons. The second-order valence-corrected chi connectivity index (χ2v) is 7.61. The number of nitrogens with zero attached hydrogens (tertiary/aromatic N) is 2. The number of carbonyl (C=O) groups excluding carboxylic acids is 2. The molecular weight excluding hydrogens is 352 g/mol. The molecular formula is C23H32N2O3. The van der Waals surface area contributed by atoms with Gasteiger partial charge in [0.25, 0.3) is 11.8 Å². The number of carbonyl (C=O) groups is 2. The first-order chi connectivity index (χ1) is 13.7. The summed E-state index contributed by atoms with van der Waals surface area (Å²) >= 11 is 0. The minimum absolute atomic E-state index is 0.121. The average Bonchev–Trinajstić information content (AvgIpc) is 3.31. The van der Waals surface area contributed by atoms with Gasteiger partial charge in [-0.05, 0) is 43.4 Å². The van der Waals surface area contributed by atoms with E-state index < -0.39 is 0 Å². The summed E-state index contributed by atoms with van der Waals surface area (Å²) in [6.07, 6.45) is 7.27. The van der Waals surface area contributed by atoms with E-state index in [1.807, 2.05) is 24.3 Å². The fourth-order valence-electron chi connectivity index (χ4n) is 3.90. The monoisotopic (exact) mass is 384 g/mol. The van der Waals surface area contributed by atoms with Gasteiger partial charge in [-0.3, -0.25) is 14.5 Å². The normalized spacial score (nSPS) is 17.2. The lowest BCUT2D eigenvalue weighted by molar-refractivity contribution is -0.137. The Bertz CT molecular complexity index is 718. The van der Waals surface area contributed by atoms with Crippen LogP contribution in [-0.4, -0.2) is 47.9 Å². The molecule has 0 spiro atoms. The van der Waals surface area contributed by atoms with Gasteiger partial charge < -0.3 is 9.64 Å². The molecule has 5 heteroatoms. The molecule has 2 amide bonds. The maximum absolute atomic E-state index is 13.2. The van der Waals surface area contributed by atoms with Crippen LogP contribution in [0, 0.1) is 0 Å². The molecule has 0 unspecified atom stereocenters. The van der Waals surface area contributed by atoms with Crippen LogP contribution in [0.2, 0.25) is 0 Å². The van der Waals surface area contributed by atoms with E-state index in [1.54, 1.807) is 0 Å². The van der Waals surface area contributed by atoms with Crippen LogP contribution in [0.5, 0.6) is 5.75 Å². The number of hydrogen-bond acceptors (Lipinski definition) is 4. The first-order valence-electron chi connectivity index (χ1n) is 10.8. The van der Waals surface area contributed by atoms with Gasteiger partial charge in [0.1, 0.15) is 11.4 Å². The Kier molecular flexibility index (Phi) is 7.12. The molecule has 1 saturated heterocycles. The first-order valence-corrected chi connectivity index (χ1v) is 10.8. The molecule has 0 bridgehead atoms. The van der Waals surface area contributed by atoms with Crippen LogP contribution in [0.15, 0.2) is 30.0 Å². The summed E-state index contributed by atoms with van der Waals surface area (Å²) in [5.41, 5.74) is 1.96. The van der Waals surface area contributed by atoms with Gasteiger partial charge in [-0.2, -0.15) is 0 Å². The van der Waals surface area contributed by atoms with Crippen molar-refractivity contribution in [1.29, 1.82) is 0 Å². The van der Waals surface area contributed by atoms with Crippen LogP contribution in [0.3, 0.4) is 0 Å². The van der Waals surface area contributed by atoms with Gasteiger partial charge in [-0.15, -0.1) is 0 Å². The second kappa shape index (κ2) is 9.76. The lowest BCUT2D eigenvalue weighted by Crippen LogP contribution is -2.35. The quantitative estimate of drug-likeness (QED) is 0.447. The molecule has 28 heavy (non-hydrogen) atoms. The fourth-order valence-corrected chi connectivity index (χ4v) is 3.90. The third kappa shape index (κ3) is 4.40. The van der Waals surface area contributed by atoms with E-state index in [-0.39, 0.29) is 11.8 Å². The molecule has 1 aromatic rings. The van der Waals surface area contributed by atoms with Gasteiger partial charge >= 0.3 is 0 Å². The number of unbranched alkanes of at least 4 members (excludes halogenated alkanes) is 3. The molecule has 0 N–H and O–H groups in total. The van der Waals surface area contributed by atoms with Crippen LogP contribution in [0.25, 0.3) is 5.57 Å². The highest BCUT2D eigenvalue weighted by Crippen LogP contribution is 2.34. The van der Waals surface area contributed by atoms with Gasteiger partial charge in [0.2, 0.25) is 0 Å². The van der Waals surface area contributed by atoms with E-state index in [1.165, 1.54) is 4.90 Å². The predicted molar refractivity (Wildman–Crippen MR) is 111 cm³/mol. The molecule has 0 atom stereocenters. The van der Waals surface area contributed by atoms with Crippen molar-refractivity contribution in [2.24, 2.45) is 0 Å². The molecule has 0 saturated carbocycles. The number of likely N-dealkylation sites (tertiary alicyclic amines) is 1. The van der Waals surface area contributed by atoms with Gasteiger partial charge in [0.15, 0.2) is 0 Å². The SMILES string of the molecule is CCCCCCN1C(=O)C(c2ccc(OCCC)cc2)=C(N2CCCC2)C1=O. The van der Waals surface area contributed by atoms with Crippen molar-refractivity contribution in [3.05, 3.63) is 35.5 Å². The predicted octanol–water partition coefficient (Wildman–Crippen LogP) is 4.23. The van der Waals surface area contributed by atoms with E-state index in [2.05, 4.69) is 18.7 Å². The molecule has 152 valence electrons. The Hall–Kier alpha value is -2.30. The molecule has 2 heterocycles. The maximum Gasteiger partial charge on any atom is 0.277 e. The first kappa shape index (κ1) is 20.4. The highest BCUT2D eigenvalue weighted by atomic mass is 16.5. The molecule has 0 aromatic heterocycles. The zero-order valence-electron chi connectivity index (χ0n) is 17.2. The van der Waals surface area contributed by atoms with E-state index in [0.717, 1.165) is 69.3 Å². The third-order valence-electron chi connectivity index (χ3n) is 5.42. The van der Waals surface area contributed by atoms with Gasteiger partial charge in [-0.25, -0.2) is 0 Å². The van der Waals surface area contributed by atoms with E-state index >= 15 is 0 Å². The Balaban J connectivity index is 1.85. The van der Waals surface area contributed by atoms with Crippen molar-refractivity contribution < 1.29 is 14.3 Å². The minimum Gasteiger partial charge on any atom is -0.494 e. The minimum atomic E-state index is -0.148. The highest BCUT2D eigenvalue weighted by Gasteiger charge is 2.41. The van der Waals surface area contributed by atoms with Crippen LogP contribution in [0.4, 0.5) is 0 Å². The number of ether oxygens (including phenoxy) is 1. The van der Waals surface area contributed by atoms with Crippen molar-refractivity contribution in [3.63, 3.8) is 0 Å². The number of rotatable bonds is 10. The summed E-state index contributed by atoms with van der Waals surface area (Å²) < 4.78 is 5.66. The highest BCUT2D eigenvalue weighted by molar-refractivity contribution is 6.35.